The summed E-state index contributed by atoms with van der Waals surface area (Å²) >= 11 is 0. The lowest BCUT2D eigenvalue weighted by Gasteiger charge is -2.12. The molecule has 3 nitrogen and oxygen atoms in total. The highest BCUT2D eigenvalue weighted by Gasteiger charge is 2.21. The molecule has 0 aromatic heterocycles. The zero-order chi connectivity index (χ0) is 11.4. The fourth-order valence-corrected chi connectivity index (χ4v) is 2.24. The van der Waals surface area contributed by atoms with Gasteiger partial charge >= 0.3 is 0 Å². The molecule has 0 saturated carbocycles. The van der Waals surface area contributed by atoms with Crippen molar-refractivity contribution in [2.75, 3.05) is 0 Å². The highest BCUT2D eigenvalue weighted by molar-refractivity contribution is 7.85. The maximum absolute atomic E-state index is 11.9. The Hall–Kier alpha value is -1.18. The van der Waals surface area contributed by atoms with Crippen molar-refractivity contribution in [3.8, 4) is 6.07 Å². The van der Waals surface area contributed by atoms with Crippen molar-refractivity contribution in [2.45, 2.75) is 30.1 Å². The maximum atomic E-state index is 11.9. The lowest BCUT2D eigenvalue weighted by Crippen LogP contribution is -2.25. The summed E-state index contributed by atoms with van der Waals surface area (Å²) in [5.74, 6) is 0. The van der Waals surface area contributed by atoms with E-state index >= 15 is 0 Å². The van der Waals surface area contributed by atoms with E-state index in [0.717, 1.165) is 5.56 Å². The highest BCUT2D eigenvalue weighted by atomic mass is 32.2. The van der Waals surface area contributed by atoms with Crippen LogP contribution in [0.5, 0.6) is 0 Å². The molecule has 1 aromatic rings. The van der Waals surface area contributed by atoms with Crippen molar-refractivity contribution in [3.63, 3.8) is 0 Å². The minimum absolute atomic E-state index is 0.572. The van der Waals surface area contributed by atoms with Gasteiger partial charge in [0, 0.05) is 4.90 Å². The van der Waals surface area contributed by atoms with Crippen LogP contribution >= 0.6 is 0 Å². The summed E-state index contributed by atoms with van der Waals surface area (Å²) in [7, 11) is -1.34. The van der Waals surface area contributed by atoms with Crippen LogP contribution in [0.1, 0.15) is 12.5 Å². The number of nitrogens with zero attached hydrogens (tertiary/aromatic N) is 1. The second-order valence-corrected chi connectivity index (χ2v) is 5.20. The molecule has 0 saturated heterocycles. The molecule has 1 N–H and O–H groups in total. The van der Waals surface area contributed by atoms with Gasteiger partial charge in [-0.2, -0.15) is 5.26 Å². The first-order valence-electron chi connectivity index (χ1n) is 4.61. The Morgan fingerprint density at radius 3 is 2.40 bits per heavy atom. The lowest BCUT2D eigenvalue weighted by molar-refractivity contribution is 0.230. The average Bonchev–Trinajstić information content (AvgIpc) is 2.27. The Bertz CT molecular complexity index is 394. The Labute approximate surface area is 91.8 Å². The first-order chi connectivity index (χ1) is 7.06. The van der Waals surface area contributed by atoms with E-state index in [4.69, 9.17) is 5.26 Å². The molecule has 0 spiro atoms. The first kappa shape index (κ1) is 11.9. The van der Waals surface area contributed by atoms with Crippen molar-refractivity contribution in [1.29, 1.82) is 5.26 Å². The van der Waals surface area contributed by atoms with Gasteiger partial charge in [0.25, 0.3) is 0 Å². The van der Waals surface area contributed by atoms with Gasteiger partial charge in [-0.1, -0.05) is 17.7 Å². The fourth-order valence-electron chi connectivity index (χ4n) is 1.11. The summed E-state index contributed by atoms with van der Waals surface area (Å²) in [6.45, 7) is 3.55. The molecule has 4 heteroatoms. The van der Waals surface area contributed by atoms with Crippen LogP contribution in [-0.2, 0) is 10.8 Å². The molecule has 0 heterocycles. The second kappa shape index (κ2) is 5.06. The van der Waals surface area contributed by atoms with Gasteiger partial charge in [0.1, 0.15) is 0 Å². The van der Waals surface area contributed by atoms with E-state index in [1.807, 2.05) is 19.1 Å². The van der Waals surface area contributed by atoms with Gasteiger partial charge in [-0.05, 0) is 26.0 Å². The van der Waals surface area contributed by atoms with Crippen LogP contribution < -0.4 is 0 Å². The molecule has 3 atom stereocenters. The third-order valence-corrected chi connectivity index (χ3v) is 3.84. The van der Waals surface area contributed by atoms with E-state index in [-0.39, 0.29) is 0 Å². The lowest BCUT2D eigenvalue weighted by atomic mass is 10.2. The van der Waals surface area contributed by atoms with E-state index < -0.39 is 22.2 Å². The molecular weight excluding hydrogens is 210 g/mol. The van der Waals surface area contributed by atoms with Gasteiger partial charge in [0.2, 0.25) is 0 Å². The molecule has 1 unspecified atom stereocenters. The van der Waals surface area contributed by atoms with E-state index in [0.29, 0.717) is 4.90 Å². The van der Waals surface area contributed by atoms with Crippen LogP contribution in [-0.4, -0.2) is 20.7 Å². The van der Waals surface area contributed by atoms with Crippen molar-refractivity contribution < 1.29 is 9.32 Å². The predicted molar refractivity (Wildman–Crippen MR) is 58.7 cm³/mol. The van der Waals surface area contributed by atoms with Gasteiger partial charge in [-0.25, -0.2) is 0 Å². The van der Waals surface area contributed by atoms with Crippen LogP contribution in [0.15, 0.2) is 29.2 Å². The number of aliphatic hydroxyl groups excluding tert-OH is 1. The Kier molecular flexibility index (Phi) is 4.01. The molecule has 0 aliphatic rings. The van der Waals surface area contributed by atoms with E-state index in [1.165, 1.54) is 0 Å². The van der Waals surface area contributed by atoms with Gasteiger partial charge < -0.3 is 5.11 Å². The quantitative estimate of drug-likeness (QED) is 0.787. The summed E-state index contributed by atoms with van der Waals surface area (Å²) in [5, 5.41) is 17.2. The Balaban J connectivity index is 2.86. The summed E-state index contributed by atoms with van der Waals surface area (Å²) in [5.41, 5.74) is 1.09. The average molecular weight is 223 g/mol. The minimum atomic E-state index is -1.34. The summed E-state index contributed by atoms with van der Waals surface area (Å²) in [6, 6.07) is 8.92. The number of aryl methyl sites for hydroxylation is 1. The van der Waals surface area contributed by atoms with E-state index in [1.54, 1.807) is 25.1 Å². The predicted octanol–water partition coefficient (Wildman–Crippen LogP) is 1.38. The largest absolute Gasteiger partial charge is 0.377 e. The number of rotatable bonds is 3. The Morgan fingerprint density at radius 2 is 1.93 bits per heavy atom. The molecule has 15 heavy (non-hydrogen) atoms. The van der Waals surface area contributed by atoms with Crippen molar-refractivity contribution in [2.24, 2.45) is 0 Å². The molecule has 0 bridgehead atoms. The summed E-state index contributed by atoms with van der Waals surface area (Å²) in [6.07, 6.45) is -1.19. The number of nitriles is 1. The molecule has 0 aliphatic carbocycles. The highest BCUT2D eigenvalue weighted by Crippen LogP contribution is 2.14. The second-order valence-electron chi connectivity index (χ2n) is 3.39. The monoisotopic (exact) mass is 223 g/mol. The summed E-state index contributed by atoms with van der Waals surface area (Å²) < 4.78 is 11.9. The molecule has 80 valence electrons. The minimum Gasteiger partial charge on any atom is -0.377 e. The van der Waals surface area contributed by atoms with Gasteiger partial charge in [0.05, 0.1) is 22.1 Å². The molecule has 0 aliphatic heterocycles. The topological polar surface area (TPSA) is 61.1 Å². The van der Waals surface area contributed by atoms with Crippen molar-refractivity contribution in [1.82, 2.24) is 0 Å². The van der Waals surface area contributed by atoms with Gasteiger partial charge in [-0.15, -0.1) is 0 Å². The Morgan fingerprint density at radius 1 is 1.40 bits per heavy atom. The molecule has 0 radical (unpaired) electrons. The smallest absolute Gasteiger partial charge is 0.154 e. The third-order valence-electron chi connectivity index (χ3n) is 2.17. The number of hydrogen-bond donors (Lipinski definition) is 1. The van der Waals surface area contributed by atoms with Crippen LogP contribution in [0.2, 0.25) is 0 Å². The molecular formula is C11H13NO2S. The first-order valence-corrected chi connectivity index (χ1v) is 5.82. The summed E-state index contributed by atoms with van der Waals surface area (Å²) in [4.78, 5) is 0.641. The molecule has 1 aromatic carbocycles. The van der Waals surface area contributed by atoms with Crippen molar-refractivity contribution in [3.05, 3.63) is 29.8 Å². The van der Waals surface area contributed by atoms with Gasteiger partial charge in [-0.3, -0.25) is 4.21 Å². The van der Waals surface area contributed by atoms with Gasteiger partial charge in [0.15, 0.2) is 6.10 Å². The van der Waals surface area contributed by atoms with Crippen LogP contribution in [0.25, 0.3) is 0 Å². The zero-order valence-electron chi connectivity index (χ0n) is 8.68. The zero-order valence-corrected chi connectivity index (χ0v) is 9.49. The normalized spacial score (nSPS) is 16.4. The SMILES string of the molecule is Cc1ccc([S@@](=O)C(C)[C@H](O)C#N)cc1. The molecule has 0 amide bonds. The standard InChI is InChI=1S/C11H13NO2S/c1-8-3-5-10(6-4-8)15(14)9(2)11(13)7-12/h3-6,9,11,13H,1-2H3/t9?,11-,15+/m1/s1. The van der Waals surface area contributed by atoms with Crippen molar-refractivity contribution >= 4 is 10.8 Å². The number of benzene rings is 1. The molecule has 0 fully saturated rings. The van der Waals surface area contributed by atoms with E-state index in [9.17, 15) is 9.32 Å². The fraction of sp³-hybridized carbons (Fsp3) is 0.364. The molecule has 1 rings (SSSR count). The number of hydrogen-bond acceptors (Lipinski definition) is 3. The van der Waals surface area contributed by atoms with Crippen LogP contribution in [0, 0.1) is 18.3 Å². The van der Waals surface area contributed by atoms with Crippen LogP contribution in [0.4, 0.5) is 0 Å². The maximum Gasteiger partial charge on any atom is 0.154 e. The van der Waals surface area contributed by atoms with Crippen LogP contribution in [0.3, 0.4) is 0 Å². The third kappa shape index (κ3) is 2.88. The van der Waals surface area contributed by atoms with E-state index in [2.05, 4.69) is 0 Å². The number of aliphatic hydroxyl groups is 1.